The van der Waals surface area contributed by atoms with E-state index in [2.05, 4.69) is 57.2 Å². The lowest BCUT2D eigenvalue weighted by Gasteiger charge is -2.18. The number of esters is 3. The van der Waals surface area contributed by atoms with Crippen LogP contribution < -0.4 is 0 Å². The molecule has 0 saturated heterocycles. The summed E-state index contributed by atoms with van der Waals surface area (Å²) in [5.74, 6) is -0.952. The van der Waals surface area contributed by atoms with E-state index in [4.69, 9.17) is 14.2 Å². The predicted octanol–water partition coefficient (Wildman–Crippen LogP) is 19.7. The molecular weight excluding hydrogens is 865 g/mol. The smallest absolute Gasteiger partial charge is 0.306 e. The molecule has 0 aliphatic rings. The summed E-state index contributed by atoms with van der Waals surface area (Å²) in [4.78, 5) is 38.2. The summed E-state index contributed by atoms with van der Waals surface area (Å²) in [6.07, 6.45) is 76.8. The Morgan fingerprint density at radius 2 is 0.571 bits per heavy atom. The largest absolute Gasteiger partial charge is 0.462 e. The highest BCUT2D eigenvalue weighted by molar-refractivity contribution is 5.71. The lowest BCUT2D eigenvalue weighted by molar-refractivity contribution is -0.167. The highest BCUT2D eigenvalue weighted by Crippen LogP contribution is 2.15. The van der Waals surface area contributed by atoms with E-state index in [1.807, 2.05) is 60.8 Å². The van der Waals surface area contributed by atoms with Crippen LogP contribution in [0.3, 0.4) is 0 Å². The maximum Gasteiger partial charge on any atom is 0.306 e. The molecule has 0 rings (SSSR count). The first-order valence-electron chi connectivity index (χ1n) is 29.3. The zero-order valence-corrected chi connectivity index (χ0v) is 45.8. The Morgan fingerprint density at radius 1 is 0.300 bits per heavy atom. The van der Waals surface area contributed by atoms with Gasteiger partial charge in [-0.3, -0.25) is 14.4 Å². The van der Waals surface area contributed by atoms with Crippen molar-refractivity contribution in [3.63, 3.8) is 0 Å². The molecule has 6 heteroatoms. The van der Waals surface area contributed by atoms with E-state index < -0.39 is 6.10 Å². The van der Waals surface area contributed by atoms with Gasteiger partial charge in [0.25, 0.3) is 0 Å². The van der Waals surface area contributed by atoms with Crippen LogP contribution in [0.25, 0.3) is 0 Å². The molecule has 0 fully saturated rings. The molecule has 6 nitrogen and oxygen atoms in total. The van der Waals surface area contributed by atoms with Crippen LogP contribution in [0.15, 0.2) is 97.2 Å². The second-order valence-electron chi connectivity index (χ2n) is 19.3. The molecule has 0 bridgehead atoms. The van der Waals surface area contributed by atoms with Gasteiger partial charge in [-0.05, 0) is 89.9 Å². The number of hydrogen-bond acceptors (Lipinski definition) is 6. The van der Waals surface area contributed by atoms with Crippen molar-refractivity contribution < 1.29 is 28.6 Å². The minimum Gasteiger partial charge on any atom is -0.462 e. The number of carbonyl (C=O) groups is 3. The van der Waals surface area contributed by atoms with Crippen molar-refractivity contribution in [1.82, 2.24) is 0 Å². The molecule has 0 aliphatic heterocycles. The van der Waals surface area contributed by atoms with E-state index >= 15 is 0 Å². The summed E-state index contributed by atoms with van der Waals surface area (Å²) in [6.45, 7) is 6.46. The molecule has 0 spiro atoms. The van der Waals surface area contributed by atoms with Gasteiger partial charge in [0.2, 0.25) is 0 Å². The molecule has 400 valence electrons. The Kier molecular flexibility index (Phi) is 54.9. The quantitative estimate of drug-likeness (QED) is 0.0199. The highest BCUT2D eigenvalue weighted by atomic mass is 16.6. The molecule has 1 atom stereocenters. The van der Waals surface area contributed by atoms with Crippen LogP contribution >= 0.6 is 0 Å². The Hall–Kier alpha value is -3.67. The third kappa shape index (κ3) is 55.3. The number of hydrogen-bond donors (Lipinski definition) is 0. The second kappa shape index (κ2) is 57.9. The molecular formula is C64H108O6. The molecule has 0 aromatic heterocycles. The van der Waals surface area contributed by atoms with Crippen LogP contribution in [0.1, 0.15) is 271 Å². The van der Waals surface area contributed by atoms with Crippen molar-refractivity contribution in [2.24, 2.45) is 0 Å². The maximum atomic E-state index is 12.9. The Bertz CT molecular complexity index is 1400. The monoisotopic (exact) mass is 973 g/mol. The topological polar surface area (TPSA) is 78.9 Å². The summed E-state index contributed by atoms with van der Waals surface area (Å²) < 4.78 is 16.8. The van der Waals surface area contributed by atoms with Gasteiger partial charge in [-0.1, -0.05) is 259 Å². The SMILES string of the molecule is CC\C=C/C=C\C=C/C=C\C=C\C=C/CCCCCC(=O)OC(COC(=O)CCCCCCC/C=C\CCCCCCCCCCC)COC(=O)CCCCCCCCC/C=C\CCCCCCCC. The average Bonchev–Trinajstić information content (AvgIpc) is 3.36. The zero-order valence-electron chi connectivity index (χ0n) is 45.8. The van der Waals surface area contributed by atoms with Crippen LogP contribution in [-0.4, -0.2) is 37.2 Å². The third-order valence-electron chi connectivity index (χ3n) is 12.5. The molecule has 0 amide bonds. The van der Waals surface area contributed by atoms with E-state index in [1.165, 1.54) is 154 Å². The molecule has 70 heavy (non-hydrogen) atoms. The minimum absolute atomic E-state index is 0.101. The van der Waals surface area contributed by atoms with E-state index in [0.29, 0.717) is 19.3 Å². The molecule has 0 radical (unpaired) electrons. The van der Waals surface area contributed by atoms with Gasteiger partial charge in [-0.2, -0.15) is 0 Å². The number of ether oxygens (including phenoxy) is 3. The van der Waals surface area contributed by atoms with E-state index in [0.717, 1.165) is 70.6 Å². The number of rotatable bonds is 52. The van der Waals surface area contributed by atoms with Crippen molar-refractivity contribution in [3.8, 4) is 0 Å². The normalized spacial score (nSPS) is 12.8. The van der Waals surface area contributed by atoms with E-state index in [1.54, 1.807) is 0 Å². The van der Waals surface area contributed by atoms with Crippen molar-refractivity contribution in [2.45, 2.75) is 277 Å². The first-order chi connectivity index (χ1) is 34.5. The second-order valence-corrected chi connectivity index (χ2v) is 19.3. The fraction of sp³-hybridized carbons (Fsp3) is 0.703. The van der Waals surface area contributed by atoms with Crippen molar-refractivity contribution >= 4 is 17.9 Å². The first-order valence-corrected chi connectivity index (χ1v) is 29.3. The molecule has 0 heterocycles. The third-order valence-corrected chi connectivity index (χ3v) is 12.5. The summed E-state index contributed by atoms with van der Waals surface area (Å²) >= 11 is 0. The summed E-state index contributed by atoms with van der Waals surface area (Å²) in [5.41, 5.74) is 0. The summed E-state index contributed by atoms with van der Waals surface area (Å²) in [6, 6.07) is 0. The predicted molar refractivity (Wildman–Crippen MR) is 302 cm³/mol. The first kappa shape index (κ1) is 66.3. The Labute approximate surface area is 432 Å². The van der Waals surface area contributed by atoms with Crippen LogP contribution in [0.4, 0.5) is 0 Å². The van der Waals surface area contributed by atoms with Crippen molar-refractivity contribution in [3.05, 3.63) is 97.2 Å². The number of unbranched alkanes of at least 4 members (excludes halogenated alkanes) is 30. The van der Waals surface area contributed by atoms with Crippen LogP contribution in [0.2, 0.25) is 0 Å². The molecule has 0 aliphatic carbocycles. The van der Waals surface area contributed by atoms with E-state index in [-0.39, 0.29) is 37.5 Å². The van der Waals surface area contributed by atoms with Gasteiger partial charge >= 0.3 is 17.9 Å². The lowest BCUT2D eigenvalue weighted by Crippen LogP contribution is -2.30. The molecule has 0 aromatic carbocycles. The van der Waals surface area contributed by atoms with Crippen LogP contribution in [-0.2, 0) is 28.6 Å². The van der Waals surface area contributed by atoms with Gasteiger partial charge in [0.15, 0.2) is 6.10 Å². The fourth-order valence-electron chi connectivity index (χ4n) is 8.05. The molecule has 1 unspecified atom stereocenters. The van der Waals surface area contributed by atoms with Gasteiger partial charge in [0.05, 0.1) is 0 Å². The fourth-order valence-corrected chi connectivity index (χ4v) is 8.05. The summed E-state index contributed by atoms with van der Waals surface area (Å²) in [7, 11) is 0. The Morgan fingerprint density at radius 3 is 0.929 bits per heavy atom. The standard InChI is InChI=1S/C64H108O6/c1-4-7-10-13-16-19-22-25-28-31-34-36-39-42-45-48-51-54-57-63(66)69-60-61(70-64(67)58-55-52-49-46-43-40-37-33-30-27-24-21-18-15-12-9-6-3)59-68-62(65)56-53-50-47-44-41-38-35-32-29-26-23-20-17-14-11-8-5-2/h9,12,15,18,21,24,26-27,29-30,33-34,36-37,40,43,61H,4-8,10-11,13-14,16-17,19-20,22-23,25,28,31-32,35,38-39,41-42,44-60H2,1-3H3/b12-9-,18-15-,24-21-,29-26-,30-27-,36-34-,37-33+,43-40-. The van der Waals surface area contributed by atoms with Crippen molar-refractivity contribution in [1.29, 1.82) is 0 Å². The molecule has 0 aromatic rings. The van der Waals surface area contributed by atoms with Crippen LogP contribution in [0.5, 0.6) is 0 Å². The van der Waals surface area contributed by atoms with Gasteiger partial charge < -0.3 is 14.2 Å². The van der Waals surface area contributed by atoms with Gasteiger partial charge in [-0.15, -0.1) is 0 Å². The Balaban J connectivity index is 4.48. The summed E-state index contributed by atoms with van der Waals surface area (Å²) in [5, 5.41) is 0. The van der Waals surface area contributed by atoms with Gasteiger partial charge in [0.1, 0.15) is 13.2 Å². The van der Waals surface area contributed by atoms with Gasteiger partial charge in [0, 0.05) is 19.3 Å². The highest BCUT2D eigenvalue weighted by Gasteiger charge is 2.19. The number of carbonyl (C=O) groups excluding carboxylic acids is 3. The van der Waals surface area contributed by atoms with Gasteiger partial charge in [-0.25, -0.2) is 0 Å². The van der Waals surface area contributed by atoms with Crippen molar-refractivity contribution in [2.75, 3.05) is 13.2 Å². The molecule has 0 saturated carbocycles. The van der Waals surface area contributed by atoms with Crippen LogP contribution in [0, 0.1) is 0 Å². The lowest BCUT2D eigenvalue weighted by atomic mass is 10.1. The van der Waals surface area contributed by atoms with E-state index in [9.17, 15) is 14.4 Å². The average molecular weight is 974 g/mol. The maximum absolute atomic E-state index is 12.9. The minimum atomic E-state index is -0.808. The molecule has 0 N–H and O–H groups in total. The number of allylic oxidation sites excluding steroid dienone is 16. The zero-order chi connectivity index (χ0) is 50.7.